The van der Waals surface area contributed by atoms with Crippen molar-refractivity contribution < 1.29 is 4.39 Å². The van der Waals surface area contributed by atoms with Crippen molar-refractivity contribution in [2.24, 2.45) is 0 Å². The molecule has 1 aromatic heterocycles. The van der Waals surface area contributed by atoms with Crippen LogP contribution in [0, 0.1) is 5.82 Å². The van der Waals surface area contributed by atoms with Crippen LogP contribution >= 0.6 is 27.5 Å². The number of hydrogen-bond donors (Lipinski definition) is 0. The summed E-state index contributed by atoms with van der Waals surface area (Å²) in [5.74, 6) is 0.140. The smallest absolute Gasteiger partial charge is 0.204 e. The van der Waals surface area contributed by atoms with Gasteiger partial charge in [0.25, 0.3) is 0 Å². The van der Waals surface area contributed by atoms with E-state index in [1.54, 1.807) is 24.3 Å². The molecule has 3 aromatic rings. The summed E-state index contributed by atoms with van der Waals surface area (Å²) in [6.45, 7) is 0.215. The second-order valence-electron chi connectivity index (χ2n) is 4.39. The van der Waals surface area contributed by atoms with Gasteiger partial charge in [-0.1, -0.05) is 45.7 Å². The first-order chi connectivity index (χ1) is 10.1. The number of rotatable bonds is 3. The summed E-state index contributed by atoms with van der Waals surface area (Å²) in [4.78, 5) is 1.35. The van der Waals surface area contributed by atoms with Crippen molar-refractivity contribution in [1.82, 2.24) is 20.2 Å². The molecule has 0 saturated carbocycles. The van der Waals surface area contributed by atoms with E-state index in [2.05, 4.69) is 31.3 Å². The van der Waals surface area contributed by atoms with E-state index in [4.69, 9.17) is 11.6 Å². The molecule has 0 atom stereocenters. The van der Waals surface area contributed by atoms with Crippen LogP contribution in [0.15, 0.2) is 46.9 Å². The minimum Gasteiger partial charge on any atom is -0.207 e. The number of tetrazole rings is 1. The standard InChI is InChI=1S/C14H9BrClFN4/c15-11-5-4-10(13(17)7-11)8-21-19-14(18-20-21)9-2-1-3-12(16)6-9/h1-7H,8H2. The Hall–Kier alpha value is -1.79. The van der Waals surface area contributed by atoms with Crippen molar-refractivity contribution in [3.8, 4) is 11.4 Å². The number of benzene rings is 2. The normalized spacial score (nSPS) is 10.8. The van der Waals surface area contributed by atoms with Gasteiger partial charge in [-0.3, -0.25) is 0 Å². The summed E-state index contributed by atoms with van der Waals surface area (Å²) >= 11 is 9.15. The third kappa shape index (κ3) is 3.28. The largest absolute Gasteiger partial charge is 0.207 e. The first kappa shape index (κ1) is 14.2. The molecule has 0 amide bonds. The van der Waals surface area contributed by atoms with E-state index in [0.717, 1.165) is 5.56 Å². The predicted octanol–water partition coefficient (Wildman–Crippen LogP) is 3.94. The zero-order chi connectivity index (χ0) is 14.8. The van der Waals surface area contributed by atoms with Crippen molar-refractivity contribution in [2.75, 3.05) is 0 Å². The quantitative estimate of drug-likeness (QED) is 0.704. The lowest BCUT2D eigenvalue weighted by molar-refractivity contribution is 0.538. The lowest BCUT2D eigenvalue weighted by Crippen LogP contribution is -2.05. The number of nitrogens with zero attached hydrogens (tertiary/aromatic N) is 4. The van der Waals surface area contributed by atoms with Crippen LogP contribution < -0.4 is 0 Å². The van der Waals surface area contributed by atoms with Crippen LogP contribution in [-0.4, -0.2) is 20.2 Å². The molecule has 2 aromatic carbocycles. The first-order valence-electron chi connectivity index (χ1n) is 6.09. The van der Waals surface area contributed by atoms with Crippen LogP contribution in [0.5, 0.6) is 0 Å². The Morgan fingerprint density at radius 3 is 2.81 bits per heavy atom. The van der Waals surface area contributed by atoms with Crippen LogP contribution in [0.3, 0.4) is 0 Å². The molecular weight excluding hydrogens is 359 g/mol. The Morgan fingerprint density at radius 1 is 1.19 bits per heavy atom. The highest BCUT2D eigenvalue weighted by Gasteiger charge is 2.09. The fourth-order valence-corrected chi connectivity index (χ4v) is 2.38. The molecule has 0 fully saturated rings. The third-order valence-corrected chi connectivity index (χ3v) is 3.59. The number of halogens is 3. The van der Waals surface area contributed by atoms with E-state index in [9.17, 15) is 4.39 Å². The summed E-state index contributed by atoms with van der Waals surface area (Å²) < 4.78 is 14.5. The lowest BCUT2D eigenvalue weighted by atomic mass is 10.2. The molecule has 0 bridgehead atoms. The maximum absolute atomic E-state index is 13.8. The van der Waals surface area contributed by atoms with E-state index in [0.29, 0.717) is 20.9 Å². The molecule has 7 heteroatoms. The van der Waals surface area contributed by atoms with Gasteiger partial charge >= 0.3 is 0 Å². The Labute approximate surface area is 133 Å². The van der Waals surface area contributed by atoms with E-state index >= 15 is 0 Å². The average Bonchev–Trinajstić information content (AvgIpc) is 2.91. The lowest BCUT2D eigenvalue weighted by Gasteiger charge is -2.02. The highest BCUT2D eigenvalue weighted by molar-refractivity contribution is 9.10. The zero-order valence-corrected chi connectivity index (χ0v) is 13.0. The number of aromatic nitrogens is 4. The molecule has 0 spiro atoms. The summed E-state index contributed by atoms with van der Waals surface area (Å²) in [7, 11) is 0. The van der Waals surface area contributed by atoms with Crippen molar-refractivity contribution in [3.63, 3.8) is 0 Å². The monoisotopic (exact) mass is 366 g/mol. The van der Waals surface area contributed by atoms with Crippen LogP contribution in [0.25, 0.3) is 11.4 Å². The van der Waals surface area contributed by atoms with Gasteiger partial charge in [-0.25, -0.2) is 4.39 Å². The molecule has 1 heterocycles. The topological polar surface area (TPSA) is 43.6 Å². The Morgan fingerprint density at radius 2 is 2.05 bits per heavy atom. The molecule has 0 N–H and O–H groups in total. The average molecular weight is 368 g/mol. The van der Waals surface area contributed by atoms with Crippen LogP contribution in [0.1, 0.15) is 5.56 Å². The van der Waals surface area contributed by atoms with Gasteiger partial charge < -0.3 is 0 Å². The fraction of sp³-hybridized carbons (Fsp3) is 0.0714. The Balaban J connectivity index is 1.85. The van der Waals surface area contributed by atoms with Crippen molar-refractivity contribution >= 4 is 27.5 Å². The SMILES string of the molecule is Fc1cc(Br)ccc1Cn1nnc(-c2cccc(Cl)c2)n1. The molecular formula is C14H9BrClFN4. The van der Waals surface area contributed by atoms with Gasteiger partial charge in [0.1, 0.15) is 5.82 Å². The van der Waals surface area contributed by atoms with Crippen LogP contribution in [-0.2, 0) is 6.54 Å². The van der Waals surface area contributed by atoms with Gasteiger partial charge in [0.05, 0.1) is 6.54 Å². The minimum absolute atomic E-state index is 0.215. The highest BCUT2D eigenvalue weighted by Crippen LogP contribution is 2.19. The molecule has 4 nitrogen and oxygen atoms in total. The number of hydrogen-bond acceptors (Lipinski definition) is 3. The van der Waals surface area contributed by atoms with Crippen molar-refractivity contribution in [1.29, 1.82) is 0 Å². The highest BCUT2D eigenvalue weighted by atomic mass is 79.9. The van der Waals surface area contributed by atoms with E-state index in [-0.39, 0.29) is 12.4 Å². The molecule has 0 aliphatic carbocycles. The van der Waals surface area contributed by atoms with Gasteiger partial charge in [-0.15, -0.1) is 10.2 Å². The summed E-state index contributed by atoms with van der Waals surface area (Å²) in [5, 5.41) is 12.7. The van der Waals surface area contributed by atoms with E-state index < -0.39 is 0 Å². The van der Waals surface area contributed by atoms with Gasteiger partial charge in [0, 0.05) is 20.6 Å². The van der Waals surface area contributed by atoms with Crippen LogP contribution in [0.4, 0.5) is 4.39 Å². The summed E-state index contributed by atoms with van der Waals surface area (Å²) in [5.41, 5.74) is 1.26. The Bertz CT molecular complexity index is 790. The van der Waals surface area contributed by atoms with E-state index in [1.165, 1.54) is 10.9 Å². The third-order valence-electron chi connectivity index (χ3n) is 2.86. The first-order valence-corrected chi connectivity index (χ1v) is 7.26. The van der Waals surface area contributed by atoms with Crippen molar-refractivity contribution in [3.05, 3.63) is 63.3 Å². The van der Waals surface area contributed by atoms with Gasteiger partial charge in [-0.05, 0) is 29.5 Å². The van der Waals surface area contributed by atoms with Gasteiger partial charge in [0.2, 0.25) is 5.82 Å². The second kappa shape index (κ2) is 5.91. The Kier molecular flexibility index (Phi) is 3.98. The predicted molar refractivity (Wildman–Crippen MR) is 81.5 cm³/mol. The molecule has 3 rings (SSSR count). The summed E-state index contributed by atoms with van der Waals surface area (Å²) in [6, 6.07) is 12.0. The van der Waals surface area contributed by atoms with Gasteiger partial charge in [0.15, 0.2) is 0 Å². The molecule has 0 aliphatic rings. The van der Waals surface area contributed by atoms with E-state index in [1.807, 2.05) is 12.1 Å². The molecule has 0 aliphatic heterocycles. The summed E-state index contributed by atoms with van der Waals surface area (Å²) in [6.07, 6.45) is 0. The molecule has 0 unspecified atom stereocenters. The van der Waals surface area contributed by atoms with Crippen LogP contribution in [0.2, 0.25) is 5.02 Å². The second-order valence-corrected chi connectivity index (χ2v) is 5.74. The van der Waals surface area contributed by atoms with Gasteiger partial charge in [-0.2, -0.15) is 4.80 Å². The molecule has 0 saturated heterocycles. The molecule has 0 radical (unpaired) electrons. The van der Waals surface area contributed by atoms with Crippen molar-refractivity contribution in [2.45, 2.75) is 6.54 Å². The minimum atomic E-state index is -0.314. The maximum atomic E-state index is 13.8. The fourth-order valence-electron chi connectivity index (χ4n) is 1.86. The zero-order valence-electron chi connectivity index (χ0n) is 10.7. The maximum Gasteiger partial charge on any atom is 0.204 e. The molecule has 106 valence electrons. The molecule has 21 heavy (non-hydrogen) atoms.